The second kappa shape index (κ2) is 6.75. The summed E-state index contributed by atoms with van der Waals surface area (Å²) in [6, 6.07) is 4.67. The summed E-state index contributed by atoms with van der Waals surface area (Å²) in [5.41, 5.74) is 1.40. The molecule has 0 unspecified atom stereocenters. The zero-order valence-corrected chi connectivity index (χ0v) is 12.3. The number of methoxy groups -OCH3 is 1. The van der Waals surface area contributed by atoms with Crippen LogP contribution in [0.5, 0.6) is 5.75 Å². The fourth-order valence-electron chi connectivity index (χ4n) is 2.03. The first kappa shape index (κ1) is 15.6. The number of aromatic nitrogens is 2. The second-order valence-corrected chi connectivity index (χ2v) is 4.72. The van der Waals surface area contributed by atoms with Gasteiger partial charge in [-0.1, -0.05) is 6.07 Å². The van der Waals surface area contributed by atoms with Crippen LogP contribution >= 0.6 is 0 Å². The van der Waals surface area contributed by atoms with Crippen molar-refractivity contribution in [1.29, 1.82) is 0 Å². The SMILES string of the molecule is COc1cc(C(=O)O)ccc1CCNC(=O)c1cnc(C)[nH]1. The molecule has 1 aromatic heterocycles. The number of aromatic amines is 1. The Hall–Kier alpha value is -2.83. The summed E-state index contributed by atoms with van der Waals surface area (Å²) in [5.74, 6) is -0.0721. The average Bonchev–Trinajstić information content (AvgIpc) is 2.93. The van der Waals surface area contributed by atoms with Crippen LogP contribution in [-0.2, 0) is 6.42 Å². The Bertz CT molecular complexity index is 694. The molecule has 1 amide bonds. The summed E-state index contributed by atoms with van der Waals surface area (Å²) in [6.07, 6.45) is 2.01. The third-order valence-electron chi connectivity index (χ3n) is 3.16. The molecule has 1 heterocycles. The van der Waals surface area contributed by atoms with E-state index < -0.39 is 5.97 Å². The second-order valence-electron chi connectivity index (χ2n) is 4.72. The van der Waals surface area contributed by atoms with E-state index in [2.05, 4.69) is 15.3 Å². The van der Waals surface area contributed by atoms with Gasteiger partial charge in [-0.2, -0.15) is 0 Å². The molecule has 0 spiro atoms. The number of nitrogens with one attached hydrogen (secondary N) is 2. The van der Waals surface area contributed by atoms with Crippen molar-refractivity contribution in [3.63, 3.8) is 0 Å². The van der Waals surface area contributed by atoms with Crippen LogP contribution in [0.15, 0.2) is 24.4 Å². The maximum atomic E-state index is 11.9. The third kappa shape index (κ3) is 3.63. The van der Waals surface area contributed by atoms with E-state index in [1.165, 1.54) is 25.4 Å². The largest absolute Gasteiger partial charge is 0.496 e. The fraction of sp³-hybridized carbons (Fsp3) is 0.267. The van der Waals surface area contributed by atoms with E-state index in [-0.39, 0.29) is 11.5 Å². The zero-order chi connectivity index (χ0) is 16.1. The van der Waals surface area contributed by atoms with Crippen LogP contribution in [0.4, 0.5) is 0 Å². The van der Waals surface area contributed by atoms with Crippen LogP contribution < -0.4 is 10.1 Å². The number of aryl methyl sites for hydroxylation is 1. The van der Waals surface area contributed by atoms with E-state index in [9.17, 15) is 9.59 Å². The van der Waals surface area contributed by atoms with Crippen LogP contribution in [-0.4, -0.2) is 40.6 Å². The number of ether oxygens (including phenoxy) is 1. The number of carboxylic acids is 1. The van der Waals surface area contributed by atoms with Gasteiger partial charge in [0.25, 0.3) is 5.91 Å². The van der Waals surface area contributed by atoms with Crippen molar-refractivity contribution in [1.82, 2.24) is 15.3 Å². The molecule has 0 aliphatic rings. The molecule has 0 aliphatic carbocycles. The molecule has 0 saturated heterocycles. The molecule has 0 atom stereocenters. The van der Waals surface area contributed by atoms with Gasteiger partial charge in [-0.3, -0.25) is 4.79 Å². The lowest BCUT2D eigenvalue weighted by Gasteiger charge is -2.10. The molecule has 3 N–H and O–H groups in total. The molecule has 7 nitrogen and oxygen atoms in total. The Kier molecular flexibility index (Phi) is 4.77. The number of carbonyl (C=O) groups excluding carboxylic acids is 1. The topological polar surface area (TPSA) is 104 Å². The maximum absolute atomic E-state index is 11.9. The quantitative estimate of drug-likeness (QED) is 0.748. The first-order chi connectivity index (χ1) is 10.5. The Morgan fingerprint density at radius 1 is 1.41 bits per heavy atom. The molecule has 116 valence electrons. The third-order valence-corrected chi connectivity index (χ3v) is 3.16. The van der Waals surface area contributed by atoms with Gasteiger partial charge in [-0.25, -0.2) is 9.78 Å². The molecule has 0 radical (unpaired) electrons. The summed E-state index contributed by atoms with van der Waals surface area (Å²) >= 11 is 0. The van der Waals surface area contributed by atoms with Gasteiger partial charge >= 0.3 is 5.97 Å². The summed E-state index contributed by atoms with van der Waals surface area (Å²) in [5, 5.41) is 11.7. The van der Waals surface area contributed by atoms with Gasteiger partial charge in [-0.05, 0) is 31.0 Å². The number of hydrogen-bond donors (Lipinski definition) is 3. The standard InChI is InChI=1S/C15H17N3O4/c1-9-17-8-12(18-9)14(19)16-6-5-10-3-4-11(15(20)21)7-13(10)22-2/h3-4,7-8H,5-6H2,1-2H3,(H,16,19)(H,17,18)(H,20,21). The number of imidazole rings is 1. The molecular weight excluding hydrogens is 286 g/mol. The highest BCUT2D eigenvalue weighted by Crippen LogP contribution is 2.20. The molecule has 0 fully saturated rings. The number of nitrogens with zero attached hydrogens (tertiary/aromatic N) is 1. The number of hydrogen-bond acceptors (Lipinski definition) is 4. The van der Waals surface area contributed by atoms with Gasteiger partial charge in [0.1, 0.15) is 17.3 Å². The summed E-state index contributed by atoms with van der Waals surface area (Å²) < 4.78 is 5.19. The Labute approximate surface area is 127 Å². The van der Waals surface area contributed by atoms with Gasteiger partial charge in [0.05, 0.1) is 18.9 Å². The first-order valence-corrected chi connectivity index (χ1v) is 6.71. The molecule has 0 aliphatic heterocycles. The first-order valence-electron chi connectivity index (χ1n) is 6.71. The van der Waals surface area contributed by atoms with Crippen molar-refractivity contribution in [2.24, 2.45) is 0 Å². The van der Waals surface area contributed by atoms with E-state index in [1.807, 2.05) is 0 Å². The number of benzene rings is 1. The van der Waals surface area contributed by atoms with Crippen molar-refractivity contribution >= 4 is 11.9 Å². The normalized spacial score (nSPS) is 10.3. The predicted octanol–water partition coefficient (Wildman–Crippen LogP) is 1.40. The Morgan fingerprint density at radius 3 is 2.77 bits per heavy atom. The highest BCUT2D eigenvalue weighted by atomic mass is 16.5. The maximum Gasteiger partial charge on any atom is 0.335 e. The molecule has 0 saturated carbocycles. The van der Waals surface area contributed by atoms with Crippen molar-refractivity contribution in [3.8, 4) is 5.75 Å². The monoisotopic (exact) mass is 303 g/mol. The van der Waals surface area contributed by atoms with Gasteiger partial charge in [-0.15, -0.1) is 0 Å². The van der Waals surface area contributed by atoms with Crippen molar-refractivity contribution in [3.05, 3.63) is 47.0 Å². The van der Waals surface area contributed by atoms with Crippen LogP contribution in [0.2, 0.25) is 0 Å². The fourth-order valence-corrected chi connectivity index (χ4v) is 2.03. The minimum Gasteiger partial charge on any atom is -0.496 e. The van der Waals surface area contributed by atoms with Crippen LogP contribution in [0, 0.1) is 6.92 Å². The van der Waals surface area contributed by atoms with Crippen LogP contribution in [0.25, 0.3) is 0 Å². The number of rotatable bonds is 6. The lowest BCUT2D eigenvalue weighted by Crippen LogP contribution is -2.26. The molecule has 22 heavy (non-hydrogen) atoms. The lowest BCUT2D eigenvalue weighted by molar-refractivity contribution is 0.0696. The van der Waals surface area contributed by atoms with Crippen molar-refractivity contribution in [2.75, 3.05) is 13.7 Å². The number of carboxylic acid groups (broad SMARTS) is 1. The highest BCUT2D eigenvalue weighted by Gasteiger charge is 2.11. The zero-order valence-electron chi connectivity index (χ0n) is 12.3. The number of amides is 1. The van der Waals surface area contributed by atoms with E-state index in [0.717, 1.165) is 5.56 Å². The Balaban J connectivity index is 1.96. The molecule has 1 aromatic carbocycles. The summed E-state index contributed by atoms with van der Waals surface area (Å²) in [7, 11) is 1.48. The molecule has 0 bridgehead atoms. The number of H-pyrrole nitrogens is 1. The van der Waals surface area contributed by atoms with Crippen LogP contribution in [0.1, 0.15) is 32.2 Å². The minimum absolute atomic E-state index is 0.164. The minimum atomic E-state index is -1.01. The summed E-state index contributed by atoms with van der Waals surface area (Å²) in [4.78, 5) is 29.6. The Morgan fingerprint density at radius 2 is 2.18 bits per heavy atom. The lowest BCUT2D eigenvalue weighted by atomic mass is 10.1. The smallest absolute Gasteiger partial charge is 0.335 e. The van der Waals surface area contributed by atoms with Gasteiger partial charge in [0.2, 0.25) is 0 Å². The van der Waals surface area contributed by atoms with Crippen molar-refractivity contribution < 1.29 is 19.4 Å². The summed E-state index contributed by atoms with van der Waals surface area (Å²) in [6.45, 7) is 2.17. The van der Waals surface area contributed by atoms with Gasteiger partial charge in [0.15, 0.2) is 0 Å². The molecule has 2 rings (SSSR count). The van der Waals surface area contributed by atoms with E-state index in [1.54, 1.807) is 13.0 Å². The van der Waals surface area contributed by atoms with E-state index >= 15 is 0 Å². The number of aromatic carboxylic acids is 1. The molecular formula is C15H17N3O4. The van der Waals surface area contributed by atoms with E-state index in [0.29, 0.717) is 30.2 Å². The average molecular weight is 303 g/mol. The number of carbonyl (C=O) groups is 2. The predicted molar refractivity (Wildman–Crippen MR) is 79.3 cm³/mol. The molecule has 2 aromatic rings. The van der Waals surface area contributed by atoms with E-state index in [4.69, 9.17) is 9.84 Å². The van der Waals surface area contributed by atoms with Gasteiger partial charge < -0.3 is 20.1 Å². The van der Waals surface area contributed by atoms with Gasteiger partial charge in [0, 0.05) is 6.54 Å². The highest BCUT2D eigenvalue weighted by molar-refractivity contribution is 5.92. The molecule has 7 heteroatoms. The van der Waals surface area contributed by atoms with Crippen molar-refractivity contribution in [2.45, 2.75) is 13.3 Å². The van der Waals surface area contributed by atoms with Crippen LogP contribution in [0.3, 0.4) is 0 Å².